The molecule has 9 heteroatoms. The smallest absolute Gasteiger partial charge is 0.258 e. The Morgan fingerprint density at radius 2 is 1.42 bits per heavy atom. The number of hydrogen-bond acceptors (Lipinski definition) is 6. The summed E-state index contributed by atoms with van der Waals surface area (Å²) in [6.45, 7) is 4.33. The fraction of sp³-hybridized carbons (Fsp3) is 0.400. The Balaban J connectivity index is 3.89. The van der Waals surface area contributed by atoms with Gasteiger partial charge >= 0.3 is 0 Å². The quantitative estimate of drug-likeness (QED) is 0.610. The highest BCUT2D eigenvalue weighted by atomic mass is 16.6. The molecule has 0 aliphatic heterocycles. The van der Waals surface area contributed by atoms with E-state index in [0.29, 0.717) is 0 Å². The van der Waals surface area contributed by atoms with Crippen molar-refractivity contribution in [2.75, 3.05) is 0 Å². The molecule has 1 aromatic rings. The molecule has 0 aliphatic rings. The van der Waals surface area contributed by atoms with Gasteiger partial charge in [0.25, 0.3) is 17.1 Å². The monoisotopic (exact) mass is 269 g/mol. The van der Waals surface area contributed by atoms with Crippen LogP contribution in [0, 0.1) is 37.3 Å². The van der Waals surface area contributed by atoms with Gasteiger partial charge in [0.15, 0.2) is 0 Å². The number of benzene rings is 1. The summed E-state index contributed by atoms with van der Waals surface area (Å²) < 4.78 is 0. The number of nitro benzene ring substituents is 3. The minimum absolute atomic E-state index is 0.0990. The van der Waals surface area contributed by atoms with Crippen LogP contribution in [-0.2, 0) is 0 Å². The molecule has 0 aliphatic carbocycles. The lowest BCUT2D eigenvalue weighted by atomic mass is 9.95. The van der Waals surface area contributed by atoms with Crippen LogP contribution in [0.5, 0.6) is 0 Å². The number of nitrogens with zero attached hydrogens (tertiary/aromatic N) is 3. The molecule has 0 saturated carbocycles. The van der Waals surface area contributed by atoms with E-state index in [9.17, 15) is 30.3 Å². The van der Waals surface area contributed by atoms with Crippen molar-refractivity contribution < 1.29 is 14.8 Å². The lowest BCUT2D eigenvalue weighted by Gasteiger charge is -2.09. The van der Waals surface area contributed by atoms with Gasteiger partial charge in [0.1, 0.15) is 11.1 Å². The lowest BCUT2D eigenvalue weighted by Crippen LogP contribution is -2.07. The fourth-order valence-corrected chi connectivity index (χ4v) is 1.91. The van der Waals surface area contributed by atoms with Crippen molar-refractivity contribution in [2.45, 2.75) is 26.7 Å². The summed E-state index contributed by atoms with van der Waals surface area (Å²) in [5.41, 5.74) is -2.06. The molecular weight excluding hydrogens is 258 g/mol. The van der Waals surface area contributed by atoms with Gasteiger partial charge in [-0.25, -0.2) is 0 Å². The van der Waals surface area contributed by atoms with Crippen LogP contribution in [-0.4, -0.2) is 14.8 Å². The van der Waals surface area contributed by atoms with Crippen molar-refractivity contribution in [3.63, 3.8) is 0 Å². The average Bonchev–Trinajstić information content (AvgIpc) is 2.26. The summed E-state index contributed by atoms with van der Waals surface area (Å²) in [5.74, 6) is -0.500. The van der Waals surface area contributed by atoms with E-state index in [1.807, 2.05) is 0 Å². The van der Waals surface area contributed by atoms with Crippen LogP contribution in [0.3, 0.4) is 0 Å². The normalized spacial score (nSPS) is 10.5. The van der Waals surface area contributed by atoms with Crippen molar-refractivity contribution >= 4 is 17.1 Å². The third-order valence-corrected chi connectivity index (χ3v) is 2.70. The van der Waals surface area contributed by atoms with Crippen LogP contribution in [0.2, 0.25) is 0 Å². The van der Waals surface area contributed by atoms with E-state index in [-0.39, 0.29) is 11.1 Å². The first-order chi connectivity index (χ1) is 8.68. The SMILES string of the molecule is Cc1c([N+](=O)[O-])cc([N+](=O)[O-])c(C(C)C)c1[N+](=O)[O-]. The first-order valence-corrected chi connectivity index (χ1v) is 5.29. The minimum Gasteiger partial charge on any atom is -0.258 e. The minimum atomic E-state index is -0.862. The van der Waals surface area contributed by atoms with Crippen LogP contribution in [0.1, 0.15) is 30.9 Å². The standard InChI is InChI=1S/C10H11N3O6/c1-5(2)9-8(12(16)17)4-7(11(14)15)6(3)10(9)13(18)19/h4-5H,1-3H3. The molecule has 0 aromatic heterocycles. The Morgan fingerprint density at radius 3 is 1.74 bits per heavy atom. The summed E-state index contributed by atoms with van der Waals surface area (Å²) in [6, 6.07) is 0.775. The van der Waals surface area contributed by atoms with Crippen LogP contribution in [0.25, 0.3) is 0 Å². The van der Waals surface area contributed by atoms with E-state index in [2.05, 4.69) is 0 Å². The Labute approximate surface area is 107 Å². The van der Waals surface area contributed by atoms with E-state index in [1.165, 1.54) is 6.92 Å². The van der Waals surface area contributed by atoms with E-state index < -0.39 is 37.7 Å². The number of rotatable bonds is 4. The zero-order chi connectivity index (χ0) is 14.9. The first kappa shape index (κ1) is 14.5. The zero-order valence-electron chi connectivity index (χ0n) is 10.4. The molecule has 102 valence electrons. The van der Waals surface area contributed by atoms with Crippen LogP contribution >= 0.6 is 0 Å². The molecule has 0 radical (unpaired) electrons. The Morgan fingerprint density at radius 1 is 0.947 bits per heavy atom. The van der Waals surface area contributed by atoms with Gasteiger partial charge in [-0.05, 0) is 12.8 Å². The molecule has 0 heterocycles. The number of hydrogen-bond donors (Lipinski definition) is 0. The molecule has 0 spiro atoms. The molecule has 0 atom stereocenters. The molecule has 1 rings (SSSR count). The predicted octanol–water partition coefficient (Wildman–Crippen LogP) is 2.84. The molecule has 0 N–H and O–H groups in total. The molecular formula is C10H11N3O6. The highest BCUT2D eigenvalue weighted by molar-refractivity contribution is 5.67. The third kappa shape index (κ3) is 2.49. The van der Waals surface area contributed by atoms with Crippen LogP contribution < -0.4 is 0 Å². The van der Waals surface area contributed by atoms with Crippen LogP contribution in [0.4, 0.5) is 17.1 Å². The highest BCUT2D eigenvalue weighted by Crippen LogP contribution is 2.41. The van der Waals surface area contributed by atoms with Crippen molar-refractivity contribution in [3.05, 3.63) is 47.5 Å². The summed E-state index contributed by atoms with van der Waals surface area (Å²) in [6.07, 6.45) is 0. The Kier molecular flexibility index (Phi) is 3.78. The van der Waals surface area contributed by atoms with E-state index in [4.69, 9.17) is 0 Å². The van der Waals surface area contributed by atoms with Crippen molar-refractivity contribution in [3.8, 4) is 0 Å². The van der Waals surface area contributed by atoms with E-state index in [0.717, 1.165) is 6.07 Å². The molecule has 19 heavy (non-hydrogen) atoms. The predicted molar refractivity (Wildman–Crippen MR) is 65.2 cm³/mol. The molecule has 0 saturated heterocycles. The molecule has 0 fully saturated rings. The Bertz CT molecular complexity index is 581. The molecule has 0 amide bonds. The van der Waals surface area contributed by atoms with Crippen molar-refractivity contribution in [2.24, 2.45) is 0 Å². The second-order valence-corrected chi connectivity index (χ2v) is 4.23. The van der Waals surface area contributed by atoms with Gasteiger partial charge in [-0.15, -0.1) is 0 Å². The average molecular weight is 269 g/mol. The fourth-order valence-electron chi connectivity index (χ4n) is 1.91. The van der Waals surface area contributed by atoms with Crippen LogP contribution in [0.15, 0.2) is 6.07 Å². The summed E-state index contributed by atoms with van der Waals surface area (Å²) in [4.78, 5) is 30.3. The van der Waals surface area contributed by atoms with E-state index >= 15 is 0 Å². The third-order valence-electron chi connectivity index (χ3n) is 2.70. The topological polar surface area (TPSA) is 129 Å². The maximum absolute atomic E-state index is 11.1. The number of nitro groups is 3. The highest BCUT2D eigenvalue weighted by Gasteiger charge is 2.35. The van der Waals surface area contributed by atoms with Gasteiger partial charge < -0.3 is 0 Å². The summed E-state index contributed by atoms with van der Waals surface area (Å²) >= 11 is 0. The van der Waals surface area contributed by atoms with Crippen molar-refractivity contribution in [1.29, 1.82) is 0 Å². The summed E-state index contributed by atoms with van der Waals surface area (Å²) in [7, 11) is 0. The second-order valence-electron chi connectivity index (χ2n) is 4.23. The van der Waals surface area contributed by atoms with Gasteiger partial charge in [0.2, 0.25) is 0 Å². The van der Waals surface area contributed by atoms with Gasteiger partial charge in [-0.1, -0.05) is 13.8 Å². The molecule has 0 unspecified atom stereocenters. The van der Waals surface area contributed by atoms with Gasteiger partial charge in [0, 0.05) is 0 Å². The largest absolute Gasteiger partial charge is 0.289 e. The molecule has 9 nitrogen and oxygen atoms in total. The second kappa shape index (κ2) is 4.96. The van der Waals surface area contributed by atoms with Gasteiger partial charge in [0.05, 0.1) is 20.8 Å². The lowest BCUT2D eigenvalue weighted by molar-refractivity contribution is -0.405. The first-order valence-electron chi connectivity index (χ1n) is 5.29. The van der Waals surface area contributed by atoms with E-state index in [1.54, 1.807) is 13.8 Å². The zero-order valence-corrected chi connectivity index (χ0v) is 10.4. The maximum Gasteiger partial charge on any atom is 0.289 e. The maximum atomic E-state index is 11.1. The van der Waals surface area contributed by atoms with Gasteiger partial charge in [-0.3, -0.25) is 30.3 Å². The Hall–Kier alpha value is -2.58. The van der Waals surface area contributed by atoms with Crippen molar-refractivity contribution in [1.82, 2.24) is 0 Å². The summed E-state index contributed by atoms with van der Waals surface area (Å²) in [5, 5.41) is 32.8. The molecule has 0 bridgehead atoms. The van der Waals surface area contributed by atoms with Gasteiger partial charge in [-0.2, -0.15) is 0 Å². The molecule has 1 aromatic carbocycles.